The molecular formula is C29H31ClFN5O4. The van der Waals surface area contributed by atoms with E-state index in [2.05, 4.69) is 9.97 Å². The molecular weight excluding hydrogens is 537 g/mol. The van der Waals surface area contributed by atoms with E-state index >= 15 is 4.39 Å². The molecule has 1 aliphatic heterocycles. The summed E-state index contributed by atoms with van der Waals surface area (Å²) >= 11 is 6.74. The van der Waals surface area contributed by atoms with Crippen LogP contribution in [0.5, 0.6) is 11.8 Å². The zero-order valence-corrected chi connectivity index (χ0v) is 23.3. The lowest BCUT2D eigenvalue weighted by Crippen LogP contribution is -2.48. The quantitative estimate of drug-likeness (QED) is 0.346. The third-order valence-electron chi connectivity index (χ3n) is 6.96. The Kier molecular flexibility index (Phi) is 7.93. The SMILES string of the molecule is CC(=O)N1CCN(c2nc(OCC(O)CN(C)C)nc3c(F)c(-c4cc(O)cc5ccccc45)c(Cl)cc23)CC1. The van der Waals surface area contributed by atoms with Crippen LogP contribution in [0.25, 0.3) is 32.8 Å². The molecule has 3 aromatic carbocycles. The van der Waals surface area contributed by atoms with E-state index < -0.39 is 11.9 Å². The van der Waals surface area contributed by atoms with Crippen LogP contribution in [0, 0.1) is 5.82 Å². The van der Waals surface area contributed by atoms with E-state index in [1.54, 1.807) is 17.0 Å². The topological polar surface area (TPSA) is 102 Å². The van der Waals surface area contributed by atoms with Gasteiger partial charge in [-0.3, -0.25) is 4.79 Å². The number of amides is 1. The molecule has 0 bridgehead atoms. The Bertz CT molecular complexity index is 1580. The fourth-order valence-electron chi connectivity index (χ4n) is 5.09. The summed E-state index contributed by atoms with van der Waals surface area (Å²) in [5.74, 6) is -0.278. The standard InChI is InChI=1S/C29H31ClFN5O4/c1-17(37)35-8-10-36(11-9-35)28-23-14-24(30)25(22-13-19(38)12-18-6-4-5-7-21(18)22)26(31)27(23)32-29(33-28)40-16-20(39)15-34(2)3/h4-7,12-14,20,38-39H,8-11,15-16H2,1-3H3. The van der Waals surface area contributed by atoms with Crippen molar-refractivity contribution >= 4 is 45.0 Å². The Hall–Kier alpha value is -3.73. The number of aliphatic hydroxyl groups is 1. The number of likely N-dealkylation sites (N-methyl/N-ethyl adjacent to an activating group) is 1. The van der Waals surface area contributed by atoms with Crippen molar-refractivity contribution in [3.8, 4) is 22.9 Å². The minimum atomic E-state index is -0.804. The Morgan fingerprint density at radius 3 is 2.55 bits per heavy atom. The number of benzene rings is 3. The summed E-state index contributed by atoms with van der Waals surface area (Å²) < 4.78 is 22.3. The van der Waals surface area contributed by atoms with E-state index in [1.807, 2.05) is 48.2 Å². The molecule has 1 amide bonds. The van der Waals surface area contributed by atoms with E-state index in [-0.39, 0.29) is 40.4 Å². The van der Waals surface area contributed by atoms with Crippen LogP contribution in [0.2, 0.25) is 5.02 Å². The van der Waals surface area contributed by atoms with Crippen molar-refractivity contribution in [2.75, 3.05) is 58.3 Å². The maximum Gasteiger partial charge on any atom is 0.319 e. The predicted molar refractivity (Wildman–Crippen MR) is 154 cm³/mol. The van der Waals surface area contributed by atoms with Gasteiger partial charge in [0.25, 0.3) is 0 Å². The predicted octanol–water partition coefficient (Wildman–Crippen LogP) is 3.92. The molecule has 1 saturated heterocycles. The van der Waals surface area contributed by atoms with Gasteiger partial charge in [0, 0.05) is 50.6 Å². The summed E-state index contributed by atoms with van der Waals surface area (Å²) in [6, 6.07) is 12.0. The fourth-order valence-corrected chi connectivity index (χ4v) is 5.39. The van der Waals surface area contributed by atoms with Crippen LogP contribution < -0.4 is 9.64 Å². The second-order valence-electron chi connectivity index (χ2n) is 10.2. The lowest BCUT2D eigenvalue weighted by Gasteiger charge is -2.35. The van der Waals surface area contributed by atoms with Gasteiger partial charge >= 0.3 is 6.01 Å². The average molecular weight is 568 g/mol. The van der Waals surface area contributed by atoms with Crippen LogP contribution in [0.4, 0.5) is 10.2 Å². The molecule has 0 radical (unpaired) electrons. The molecule has 210 valence electrons. The number of ether oxygens (including phenoxy) is 1. The van der Waals surface area contributed by atoms with Gasteiger partial charge in [0.15, 0.2) is 5.82 Å². The summed E-state index contributed by atoms with van der Waals surface area (Å²) in [4.78, 5) is 26.4. The summed E-state index contributed by atoms with van der Waals surface area (Å²) in [6.45, 7) is 3.75. The highest BCUT2D eigenvalue weighted by molar-refractivity contribution is 6.35. The van der Waals surface area contributed by atoms with E-state index in [0.29, 0.717) is 49.5 Å². The largest absolute Gasteiger partial charge is 0.508 e. The highest BCUT2D eigenvalue weighted by Crippen LogP contribution is 2.42. The molecule has 2 N–H and O–H groups in total. The number of phenols is 1. The van der Waals surface area contributed by atoms with Gasteiger partial charge in [0.2, 0.25) is 5.91 Å². The first-order valence-electron chi connectivity index (χ1n) is 13.0. The fraction of sp³-hybridized carbons (Fsp3) is 0.345. The van der Waals surface area contributed by atoms with Gasteiger partial charge in [-0.15, -0.1) is 0 Å². The molecule has 1 aliphatic rings. The van der Waals surface area contributed by atoms with Gasteiger partial charge in [-0.1, -0.05) is 35.9 Å². The maximum atomic E-state index is 16.5. The highest BCUT2D eigenvalue weighted by Gasteiger charge is 2.26. The number of hydrogen-bond acceptors (Lipinski definition) is 8. The normalized spacial score (nSPS) is 14.8. The maximum absolute atomic E-state index is 16.5. The molecule has 40 heavy (non-hydrogen) atoms. The van der Waals surface area contributed by atoms with Gasteiger partial charge in [0.05, 0.1) is 5.02 Å². The molecule has 0 aliphatic carbocycles. The van der Waals surface area contributed by atoms with E-state index in [1.165, 1.54) is 13.0 Å². The number of rotatable bonds is 7. The van der Waals surface area contributed by atoms with E-state index in [9.17, 15) is 15.0 Å². The van der Waals surface area contributed by atoms with Gasteiger partial charge in [0.1, 0.15) is 29.8 Å². The second-order valence-corrected chi connectivity index (χ2v) is 10.6. The molecule has 0 saturated carbocycles. The van der Waals surface area contributed by atoms with Crippen LogP contribution in [0.1, 0.15) is 6.92 Å². The molecule has 0 spiro atoms. The molecule has 11 heteroatoms. The lowest BCUT2D eigenvalue weighted by atomic mass is 9.96. The minimum Gasteiger partial charge on any atom is -0.508 e. The molecule has 1 atom stereocenters. The van der Waals surface area contributed by atoms with Crippen molar-refractivity contribution in [3.05, 3.63) is 53.3 Å². The number of aromatic nitrogens is 2. The summed E-state index contributed by atoms with van der Waals surface area (Å²) in [7, 11) is 3.67. The number of aromatic hydroxyl groups is 1. The Morgan fingerprint density at radius 2 is 1.85 bits per heavy atom. The minimum absolute atomic E-state index is 0.00270. The molecule has 9 nitrogen and oxygen atoms in total. The van der Waals surface area contributed by atoms with E-state index in [0.717, 1.165) is 10.8 Å². The van der Waals surface area contributed by atoms with Crippen LogP contribution in [-0.2, 0) is 4.79 Å². The second kappa shape index (κ2) is 11.4. The van der Waals surface area contributed by atoms with Crippen LogP contribution in [-0.4, -0.2) is 95.4 Å². The smallest absolute Gasteiger partial charge is 0.319 e. The summed E-state index contributed by atoms with van der Waals surface area (Å²) in [5.41, 5.74) is 0.535. The monoisotopic (exact) mass is 567 g/mol. The zero-order valence-electron chi connectivity index (χ0n) is 22.6. The number of anilines is 1. The van der Waals surface area contributed by atoms with Crippen LogP contribution in [0.15, 0.2) is 42.5 Å². The molecule has 2 heterocycles. The first-order chi connectivity index (χ1) is 19.1. The number of aliphatic hydroxyl groups excluding tert-OH is 1. The van der Waals surface area contributed by atoms with Crippen molar-refractivity contribution < 1.29 is 24.1 Å². The van der Waals surface area contributed by atoms with Crippen molar-refractivity contribution in [3.63, 3.8) is 0 Å². The summed E-state index contributed by atoms with van der Waals surface area (Å²) in [5, 5.41) is 22.7. The number of hydrogen-bond donors (Lipinski definition) is 2. The number of carbonyl (C=O) groups excluding carboxylic acids is 1. The highest BCUT2D eigenvalue weighted by atomic mass is 35.5. The lowest BCUT2D eigenvalue weighted by molar-refractivity contribution is -0.129. The Morgan fingerprint density at radius 1 is 1.12 bits per heavy atom. The first-order valence-corrected chi connectivity index (χ1v) is 13.4. The van der Waals surface area contributed by atoms with Gasteiger partial charge in [-0.05, 0) is 48.6 Å². The van der Waals surface area contributed by atoms with Gasteiger partial charge in [-0.2, -0.15) is 9.97 Å². The van der Waals surface area contributed by atoms with Crippen molar-refractivity contribution in [1.29, 1.82) is 0 Å². The zero-order chi connectivity index (χ0) is 28.6. The summed E-state index contributed by atoms with van der Waals surface area (Å²) in [6.07, 6.45) is -0.804. The molecule has 1 aromatic heterocycles. The number of carbonyl (C=O) groups is 1. The molecule has 4 aromatic rings. The Balaban J connectivity index is 1.65. The third-order valence-corrected chi connectivity index (χ3v) is 7.26. The average Bonchev–Trinajstić information content (AvgIpc) is 2.91. The Labute approximate surface area is 236 Å². The van der Waals surface area contributed by atoms with Crippen molar-refractivity contribution in [1.82, 2.24) is 19.8 Å². The number of nitrogens with zero attached hydrogens (tertiary/aromatic N) is 5. The molecule has 1 fully saturated rings. The first kappa shape index (κ1) is 27.8. The molecule has 1 unspecified atom stereocenters. The van der Waals surface area contributed by atoms with Crippen molar-refractivity contribution in [2.45, 2.75) is 13.0 Å². The van der Waals surface area contributed by atoms with Crippen LogP contribution >= 0.6 is 11.6 Å². The number of piperazine rings is 1. The number of halogens is 2. The van der Waals surface area contributed by atoms with Gasteiger partial charge < -0.3 is 29.6 Å². The molecule has 5 rings (SSSR count). The number of fused-ring (bicyclic) bond motifs is 2. The van der Waals surface area contributed by atoms with Crippen molar-refractivity contribution in [2.24, 2.45) is 0 Å². The van der Waals surface area contributed by atoms with E-state index in [4.69, 9.17) is 16.3 Å². The number of phenolic OH excluding ortho intramolecular Hbond substituents is 1. The van der Waals surface area contributed by atoms with Crippen LogP contribution in [0.3, 0.4) is 0 Å². The van der Waals surface area contributed by atoms with Gasteiger partial charge in [-0.25, -0.2) is 4.39 Å². The third kappa shape index (κ3) is 5.60.